The van der Waals surface area contributed by atoms with Gasteiger partial charge >= 0.3 is 0 Å². The van der Waals surface area contributed by atoms with Gasteiger partial charge in [-0.1, -0.05) is 24.3 Å². The molecule has 25 heavy (non-hydrogen) atoms. The van der Waals surface area contributed by atoms with Crippen LogP contribution in [-0.2, 0) is 17.6 Å². The Balaban J connectivity index is 1.63. The van der Waals surface area contributed by atoms with Crippen molar-refractivity contribution in [3.8, 4) is 0 Å². The van der Waals surface area contributed by atoms with E-state index in [2.05, 4.69) is 28.3 Å². The monoisotopic (exact) mass is 338 g/mol. The third-order valence-corrected chi connectivity index (χ3v) is 4.97. The Bertz CT molecular complexity index is 731. The zero-order valence-electron chi connectivity index (χ0n) is 15.0. The van der Waals surface area contributed by atoms with Gasteiger partial charge in [0.1, 0.15) is 5.82 Å². The number of anilines is 1. The summed E-state index contributed by atoms with van der Waals surface area (Å²) >= 11 is 0. The van der Waals surface area contributed by atoms with Crippen molar-refractivity contribution < 1.29 is 4.79 Å². The summed E-state index contributed by atoms with van der Waals surface area (Å²) in [4.78, 5) is 23.5. The minimum Gasteiger partial charge on any atom is -0.372 e. The van der Waals surface area contributed by atoms with Gasteiger partial charge in [0.25, 0.3) is 0 Å². The van der Waals surface area contributed by atoms with Crippen LogP contribution in [0.4, 0.5) is 5.82 Å². The summed E-state index contributed by atoms with van der Waals surface area (Å²) in [5, 5.41) is 3.10. The van der Waals surface area contributed by atoms with E-state index in [1.807, 2.05) is 30.1 Å². The molecule has 0 spiro atoms. The molecular formula is C20H26N4O. The van der Waals surface area contributed by atoms with Crippen LogP contribution in [0.1, 0.15) is 29.7 Å². The molecule has 2 aromatic rings. The highest BCUT2D eigenvalue weighted by Crippen LogP contribution is 2.23. The van der Waals surface area contributed by atoms with Gasteiger partial charge in [0.2, 0.25) is 5.91 Å². The van der Waals surface area contributed by atoms with Gasteiger partial charge in [-0.3, -0.25) is 9.78 Å². The summed E-state index contributed by atoms with van der Waals surface area (Å²) in [6, 6.07) is 8.13. The maximum absolute atomic E-state index is 12.7. The normalized spacial score (nSPS) is 17.4. The van der Waals surface area contributed by atoms with Crippen LogP contribution in [0, 0.1) is 12.8 Å². The fourth-order valence-corrected chi connectivity index (χ4v) is 3.54. The number of benzene rings is 1. The molecule has 1 atom stereocenters. The van der Waals surface area contributed by atoms with Crippen LogP contribution < -0.4 is 5.32 Å². The quantitative estimate of drug-likeness (QED) is 0.911. The van der Waals surface area contributed by atoms with Crippen LogP contribution in [0.3, 0.4) is 0 Å². The zero-order valence-corrected chi connectivity index (χ0v) is 15.0. The summed E-state index contributed by atoms with van der Waals surface area (Å²) < 4.78 is 0. The molecule has 0 bridgehead atoms. The molecule has 1 N–H and O–H groups in total. The fourth-order valence-electron chi connectivity index (χ4n) is 3.54. The van der Waals surface area contributed by atoms with Gasteiger partial charge in [0.15, 0.2) is 0 Å². The number of carbonyl (C=O) groups is 1. The van der Waals surface area contributed by atoms with Gasteiger partial charge in [0.05, 0.1) is 12.1 Å². The van der Waals surface area contributed by atoms with E-state index in [0.29, 0.717) is 12.3 Å². The summed E-state index contributed by atoms with van der Waals surface area (Å²) in [5.41, 5.74) is 3.30. The lowest BCUT2D eigenvalue weighted by atomic mass is 9.92. The second-order valence-corrected chi connectivity index (χ2v) is 6.76. The minimum atomic E-state index is 0.229. The van der Waals surface area contributed by atoms with Crippen molar-refractivity contribution in [2.24, 2.45) is 5.92 Å². The van der Waals surface area contributed by atoms with Crippen LogP contribution in [0.2, 0.25) is 0 Å². The predicted molar refractivity (Wildman–Crippen MR) is 99.5 cm³/mol. The number of hydrogen-bond acceptors (Lipinski definition) is 4. The first-order valence-electron chi connectivity index (χ1n) is 8.97. The average Bonchev–Trinajstić information content (AvgIpc) is 2.64. The van der Waals surface area contributed by atoms with Gasteiger partial charge in [-0.25, -0.2) is 4.98 Å². The number of amides is 1. The fraction of sp³-hybridized carbons (Fsp3) is 0.450. The Hall–Kier alpha value is -2.43. The molecule has 3 rings (SSSR count). The van der Waals surface area contributed by atoms with Gasteiger partial charge in [0, 0.05) is 32.5 Å². The van der Waals surface area contributed by atoms with E-state index in [-0.39, 0.29) is 5.91 Å². The number of aryl methyl sites for hydroxylation is 1. The molecule has 1 aromatic heterocycles. The van der Waals surface area contributed by atoms with E-state index in [1.54, 1.807) is 12.4 Å². The molecule has 2 heterocycles. The van der Waals surface area contributed by atoms with E-state index in [4.69, 9.17) is 0 Å². The summed E-state index contributed by atoms with van der Waals surface area (Å²) in [6.45, 7) is 3.74. The molecule has 5 heteroatoms. The SMILES string of the molecule is CNc1nccnc1C[C@@H]1CCCN(C(=O)Cc2ccccc2C)C1. The Kier molecular flexibility index (Phi) is 5.64. The minimum absolute atomic E-state index is 0.229. The van der Waals surface area contributed by atoms with Gasteiger partial charge in [-0.2, -0.15) is 0 Å². The molecule has 5 nitrogen and oxygen atoms in total. The summed E-state index contributed by atoms with van der Waals surface area (Å²) in [7, 11) is 1.87. The topological polar surface area (TPSA) is 58.1 Å². The predicted octanol–water partition coefficient (Wildman–Crippen LogP) is 2.85. The lowest BCUT2D eigenvalue weighted by Crippen LogP contribution is -2.41. The Labute approximate surface area is 149 Å². The number of aromatic nitrogens is 2. The first-order chi connectivity index (χ1) is 12.2. The van der Waals surface area contributed by atoms with Crippen molar-refractivity contribution in [1.29, 1.82) is 0 Å². The van der Waals surface area contributed by atoms with E-state index in [1.165, 1.54) is 5.56 Å². The van der Waals surface area contributed by atoms with Gasteiger partial charge in [-0.15, -0.1) is 0 Å². The van der Waals surface area contributed by atoms with Crippen LogP contribution in [-0.4, -0.2) is 40.9 Å². The molecule has 0 radical (unpaired) electrons. The number of piperidine rings is 1. The van der Waals surface area contributed by atoms with Crippen LogP contribution in [0.5, 0.6) is 0 Å². The van der Waals surface area contributed by atoms with E-state index < -0.39 is 0 Å². The molecule has 1 aliphatic rings. The van der Waals surface area contributed by atoms with Crippen molar-refractivity contribution in [3.05, 3.63) is 53.5 Å². The Morgan fingerprint density at radius 2 is 2.08 bits per heavy atom. The number of hydrogen-bond donors (Lipinski definition) is 1. The molecule has 1 aliphatic heterocycles. The number of carbonyl (C=O) groups excluding carboxylic acids is 1. The Morgan fingerprint density at radius 1 is 1.28 bits per heavy atom. The highest BCUT2D eigenvalue weighted by molar-refractivity contribution is 5.79. The van der Waals surface area contributed by atoms with Crippen molar-refractivity contribution in [2.45, 2.75) is 32.6 Å². The molecule has 132 valence electrons. The van der Waals surface area contributed by atoms with Crippen molar-refractivity contribution in [1.82, 2.24) is 14.9 Å². The lowest BCUT2D eigenvalue weighted by Gasteiger charge is -2.33. The average molecular weight is 338 g/mol. The standard InChI is InChI=1S/C20H26N4O/c1-15-6-3-4-8-17(15)13-19(25)24-11-5-7-16(14-24)12-18-20(21-2)23-10-9-22-18/h3-4,6,8-10,16H,5,7,11-14H2,1-2H3,(H,21,23)/t16-/m0/s1. The summed E-state index contributed by atoms with van der Waals surface area (Å²) in [6.07, 6.45) is 6.98. The molecule has 1 amide bonds. The second kappa shape index (κ2) is 8.10. The number of rotatable bonds is 5. The largest absolute Gasteiger partial charge is 0.372 e. The highest BCUT2D eigenvalue weighted by atomic mass is 16.2. The second-order valence-electron chi connectivity index (χ2n) is 6.76. The summed E-state index contributed by atoms with van der Waals surface area (Å²) in [5.74, 6) is 1.51. The molecular weight excluding hydrogens is 312 g/mol. The van der Waals surface area contributed by atoms with E-state index >= 15 is 0 Å². The van der Waals surface area contributed by atoms with Crippen molar-refractivity contribution in [2.75, 3.05) is 25.5 Å². The smallest absolute Gasteiger partial charge is 0.227 e. The van der Waals surface area contributed by atoms with Gasteiger partial charge in [-0.05, 0) is 43.2 Å². The first kappa shape index (κ1) is 17.4. The molecule has 0 saturated carbocycles. The third-order valence-electron chi connectivity index (χ3n) is 4.97. The number of nitrogens with zero attached hydrogens (tertiary/aromatic N) is 3. The van der Waals surface area contributed by atoms with Crippen LogP contribution in [0.15, 0.2) is 36.7 Å². The zero-order chi connectivity index (χ0) is 17.6. The van der Waals surface area contributed by atoms with Crippen LogP contribution >= 0.6 is 0 Å². The van der Waals surface area contributed by atoms with Crippen LogP contribution in [0.25, 0.3) is 0 Å². The number of likely N-dealkylation sites (tertiary alicyclic amines) is 1. The molecule has 1 fully saturated rings. The maximum Gasteiger partial charge on any atom is 0.227 e. The van der Waals surface area contributed by atoms with E-state index in [0.717, 1.165) is 49.4 Å². The highest BCUT2D eigenvalue weighted by Gasteiger charge is 2.25. The van der Waals surface area contributed by atoms with E-state index in [9.17, 15) is 4.79 Å². The van der Waals surface area contributed by atoms with Gasteiger partial charge < -0.3 is 10.2 Å². The molecule has 0 aliphatic carbocycles. The van der Waals surface area contributed by atoms with Crippen molar-refractivity contribution in [3.63, 3.8) is 0 Å². The molecule has 0 unspecified atom stereocenters. The Morgan fingerprint density at radius 3 is 2.88 bits per heavy atom. The lowest BCUT2D eigenvalue weighted by molar-refractivity contribution is -0.132. The first-order valence-corrected chi connectivity index (χ1v) is 8.97. The molecule has 1 aromatic carbocycles. The number of nitrogens with one attached hydrogen (secondary N) is 1. The van der Waals surface area contributed by atoms with Crippen molar-refractivity contribution >= 4 is 11.7 Å². The third kappa shape index (κ3) is 4.35. The molecule has 1 saturated heterocycles. The maximum atomic E-state index is 12.7.